The Morgan fingerprint density at radius 2 is 2.04 bits per heavy atom. The zero-order valence-corrected chi connectivity index (χ0v) is 14.2. The largest absolute Gasteiger partial charge is 0.492 e. The number of hydrogen-bond acceptors (Lipinski definition) is 3. The summed E-state index contributed by atoms with van der Waals surface area (Å²) in [7, 11) is 0. The maximum Gasteiger partial charge on any atom is 0.416 e. The summed E-state index contributed by atoms with van der Waals surface area (Å²) < 4.78 is 44.5. The van der Waals surface area contributed by atoms with Crippen molar-refractivity contribution in [1.82, 2.24) is 5.32 Å². The molecule has 0 aliphatic heterocycles. The second-order valence-electron chi connectivity index (χ2n) is 6.93. The summed E-state index contributed by atoms with van der Waals surface area (Å²) in [6, 6.07) is 2.78. The number of carbonyl (C=O) groups is 2. The monoisotopic (exact) mass is 365 g/mol. The fourth-order valence-corrected chi connectivity index (χ4v) is 2.47. The molecule has 0 bridgehead atoms. The fourth-order valence-electron chi connectivity index (χ4n) is 2.47. The van der Waals surface area contributed by atoms with Crippen LogP contribution in [0.1, 0.15) is 42.1 Å². The van der Waals surface area contributed by atoms with E-state index in [-0.39, 0.29) is 35.5 Å². The molecular weight excluding hydrogens is 347 g/mol. The number of amides is 1. The van der Waals surface area contributed by atoms with Gasteiger partial charge in [0.25, 0.3) is 5.91 Å². The molecule has 7 heteroatoms. The highest BCUT2D eigenvalue weighted by Gasteiger charge is 2.39. The lowest BCUT2D eigenvalue weighted by Gasteiger charge is -2.17. The summed E-state index contributed by atoms with van der Waals surface area (Å²) >= 11 is 0. The highest BCUT2D eigenvalue weighted by atomic mass is 19.4. The van der Waals surface area contributed by atoms with Crippen LogP contribution in [0.15, 0.2) is 42.1 Å². The van der Waals surface area contributed by atoms with Crippen molar-refractivity contribution in [2.45, 2.75) is 32.4 Å². The van der Waals surface area contributed by atoms with Crippen LogP contribution in [0.4, 0.5) is 13.2 Å². The minimum atomic E-state index is -4.53. The highest BCUT2D eigenvalue weighted by Crippen LogP contribution is 2.45. The van der Waals surface area contributed by atoms with E-state index in [1.165, 1.54) is 6.08 Å². The zero-order chi connectivity index (χ0) is 18.9. The van der Waals surface area contributed by atoms with Crippen molar-refractivity contribution >= 4 is 11.7 Å². The van der Waals surface area contributed by atoms with E-state index in [0.29, 0.717) is 5.70 Å². The number of allylic oxidation sites excluding steroid dienone is 3. The van der Waals surface area contributed by atoms with Crippen LogP contribution in [-0.2, 0) is 11.0 Å². The highest BCUT2D eigenvalue weighted by molar-refractivity contribution is 6.00. The van der Waals surface area contributed by atoms with Crippen LogP contribution >= 0.6 is 0 Å². The summed E-state index contributed by atoms with van der Waals surface area (Å²) in [6.45, 7) is 2.22. The molecule has 0 spiro atoms. The van der Waals surface area contributed by atoms with Gasteiger partial charge in [-0.2, -0.15) is 13.2 Å². The van der Waals surface area contributed by atoms with Gasteiger partial charge in [-0.3, -0.25) is 9.59 Å². The number of alkyl halides is 3. The maximum absolute atomic E-state index is 13.0. The third-order valence-corrected chi connectivity index (χ3v) is 4.42. The number of carbonyl (C=O) groups excluding carboxylic acids is 2. The first-order chi connectivity index (χ1) is 12.2. The van der Waals surface area contributed by atoms with Gasteiger partial charge in [0.05, 0.1) is 17.7 Å². The average Bonchev–Trinajstić information content (AvgIpc) is 3.30. The smallest absolute Gasteiger partial charge is 0.416 e. The molecule has 4 nitrogen and oxygen atoms in total. The van der Waals surface area contributed by atoms with Crippen molar-refractivity contribution in [2.75, 3.05) is 6.61 Å². The summed E-state index contributed by atoms with van der Waals surface area (Å²) in [5, 5.41) is 2.53. The molecule has 1 fully saturated rings. The molecule has 1 amide bonds. The molecule has 0 unspecified atom stereocenters. The Balaban J connectivity index is 1.85. The molecule has 0 radical (unpaired) electrons. The molecule has 0 saturated heterocycles. The van der Waals surface area contributed by atoms with Crippen molar-refractivity contribution in [1.29, 1.82) is 0 Å². The number of ketones is 1. The maximum atomic E-state index is 13.0. The van der Waals surface area contributed by atoms with E-state index >= 15 is 0 Å². The van der Waals surface area contributed by atoms with Crippen LogP contribution in [0.2, 0.25) is 0 Å². The Hall–Kier alpha value is -2.57. The van der Waals surface area contributed by atoms with Crippen molar-refractivity contribution in [3.63, 3.8) is 0 Å². The van der Waals surface area contributed by atoms with Crippen LogP contribution in [0.25, 0.3) is 0 Å². The Morgan fingerprint density at radius 3 is 2.65 bits per heavy atom. The number of rotatable bonds is 5. The van der Waals surface area contributed by atoms with Crippen LogP contribution in [0.3, 0.4) is 0 Å². The molecule has 1 aromatic rings. The van der Waals surface area contributed by atoms with Crippen molar-refractivity contribution in [3.05, 3.63) is 53.3 Å². The lowest BCUT2D eigenvalue weighted by molar-refractivity contribution is -0.137. The normalized spacial score (nSPS) is 18.3. The molecule has 0 aromatic heterocycles. The Morgan fingerprint density at radius 1 is 1.31 bits per heavy atom. The molecule has 0 atom stereocenters. The number of benzene rings is 1. The zero-order valence-electron chi connectivity index (χ0n) is 14.2. The quantitative estimate of drug-likeness (QED) is 0.857. The predicted molar refractivity (Wildman–Crippen MR) is 88.6 cm³/mol. The Bertz CT molecular complexity index is 805. The molecule has 138 valence electrons. The van der Waals surface area contributed by atoms with Gasteiger partial charge in [-0.1, -0.05) is 13.0 Å². The number of halogens is 3. The van der Waals surface area contributed by atoms with Crippen LogP contribution in [0.5, 0.6) is 5.75 Å². The molecule has 1 saturated carbocycles. The van der Waals surface area contributed by atoms with Crippen molar-refractivity contribution in [2.24, 2.45) is 5.41 Å². The van der Waals surface area contributed by atoms with E-state index in [1.807, 2.05) is 6.92 Å². The van der Waals surface area contributed by atoms with Gasteiger partial charge in [-0.05, 0) is 37.1 Å². The second kappa shape index (κ2) is 6.63. The van der Waals surface area contributed by atoms with Gasteiger partial charge in [0.2, 0.25) is 0 Å². The molecule has 2 aliphatic carbocycles. The molecule has 26 heavy (non-hydrogen) atoms. The molecule has 1 N–H and O–H groups in total. The van der Waals surface area contributed by atoms with Gasteiger partial charge in [-0.15, -0.1) is 0 Å². The first kappa shape index (κ1) is 18.2. The van der Waals surface area contributed by atoms with E-state index < -0.39 is 17.6 Å². The standard InChI is InChI=1S/C19H18F3NO3/c1-18(7-8-18)11-26-16-9-12(19(20,21)22)5-6-15(16)17(25)23-13-3-2-4-14(24)10-13/h2-3,5-6,9-10H,4,7-8,11H2,1H3,(H,23,25). The van der Waals surface area contributed by atoms with E-state index in [2.05, 4.69) is 5.32 Å². The van der Waals surface area contributed by atoms with Gasteiger partial charge in [0.1, 0.15) is 5.75 Å². The Kier molecular flexibility index (Phi) is 4.64. The predicted octanol–water partition coefficient (Wildman–Crippen LogP) is 4.03. The van der Waals surface area contributed by atoms with E-state index in [0.717, 1.165) is 31.0 Å². The van der Waals surface area contributed by atoms with Crippen LogP contribution < -0.4 is 10.1 Å². The van der Waals surface area contributed by atoms with Gasteiger partial charge in [-0.25, -0.2) is 0 Å². The minimum absolute atomic E-state index is 0.00503. The van der Waals surface area contributed by atoms with E-state index in [9.17, 15) is 22.8 Å². The van der Waals surface area contributed by atoms with Crippen LogP contribution in [-0.4, -0.2) is 18.3 Å². The second-order valence-corrected chi connectivity index (χ2v) is 6.93. The molecule has 0 heterocycles. The summed E-state index contributed by atoms with van der Waals surface area (Å²) in [5.41, 5.74) is -0.638. The molecule has 1 aromatic carbocycles. The Labute approximate surface area is 148 Å². The first-order valence-corrected chi connectivity index (χ1v) is 8.23. The van der Waals surface area contributed by atoms with Gasteiger partial charge in [0, 0.05) is 23.6 Å². The number of ether oxygens (including phenoxy) is 1. The van der Waals surface area contributed by atoms with Gasteiger partial charge < -0.3 is 10.1 Å². The van der Waals surface area contributed by atoms with Gasteiger partial charge >= 0.3 is 6.18 Å². The number of hydrogen-bond donors (Lipinski definition) is 1. The van der Waals surface area contributed by atoms with E-state index in [4.69, 9.17) is 4.74 Å². The summed E-state index contributed by atoms with van der Waals surface area (Å²) in [5.74, 6) is -0.897. The summed E-state index contributed by atoms with van der Waals surface area (Å²) in [6.07, 6.45) is 2.07. The van der Waals surface area contributed by atoms with Crippen molar-refractivity contribution < 1.29 is 27.5 Å². The lowest BCUT2D eigenvalue weighted by Crippen LogP contribution is -2.25. The topological polar surface area (TPSA) is 55.4 Å². The average molecular weight is 365 g/mol. The number of nitrogens with one attached hydrogen (secondary N) is 1. The lowest BCUT2D eigenvalue weighted by atomic mass is 10.1. The SMILES string of the molecule is CC1(COc2cc(C(F)(F)F)ccc2C(=O)NC2=CC(=O)CC=C2)CC1. The first-order valence-electron chi connectivity index (χ1n) is 8.23. The summed E-state index contributed by atoms with van der Waals surface area (Å²) in [4.78, 5) is 23.9. The molecule has 2 aliphatic rings. The fraction of sp³-hybridized carbons (Fsp3) is 0.368. The molecule has 3 rings (SSSR count). The van der Waals surface area contributed by atoms with Gasteiger partial charge in [0.15, 0.2) is 5.78 Å². The van der Waals surface area contributed by atoms with E-state index in [1.54, 1.807) is 12.2 Å². The minimum Gasteiger partial charge on any atom is -0.492 e. The van der Waals surface area contributed by atoms with Crippen LogP contribution in [0, 0.1) is 5.41 Å². The van der Waals surface area contributed by atoms with Crippen molar-refractivity contribution in [3.8, 4) is 5.75 Å². The third kappa shape index (κ3) is 4.33. The third-order valence-electron chi connectivity index (χ3n) is 4.42. The molecular formula is C19H18F3NO3.